The molecule has 0 aliphatic rings. The van der Waals surface area contributed by atoms with Gasteiger partial charge in [-0.15, -0.1) is 11.3 Å². The molecule has 2 N–H and O–H groups in total. The highest BCUT2D eigenvalue weighted by Crippen LogP contribution is 2.23. The number of thiophene rings is 1. The minimum absolute atomic E-state index is 0.0599. The number of hydrogen-bond acceptors (Lipinski definition) is 3. The molecule has 7 heteroatoms. The van der Waals surface area contributed by atoms with Gasteiger partial charge in [0.05, 0.1) is 5.69 Å². The molecule has 1 aromatic heterocycles. The number of amides is 1. The second-order valence-electron chi connectivity index (χ2n) is 3.83. The van der Waals surface area contributed by atoms with Gasteiger partial charge in [-0.2, -0.15) is 13.2 Å². The average molecular weight is 280 g/mol. The number of rotatable bonds is 6. The minimum Gasteiger partial charge on any atom is -0.325 e. The van der Waals surface area contributed by atoms with Crippen molar-refractivity contribution in [1.82, 2.24) is 5.32 Å². The monoisotopic (exact) mass is 280 g/mol. The van der Waals surface area contributed by atoms with Crippen molar-refractivity contribution < 1.29 is 18.0 Å². The molecular weight excluding hydrogens is 265 g/mol. The van der Waals surface area contributed by atoms with E-state index in [2.05, 4.69) is 10.6 Å². The molecule has 3 nitrogen and oxygen atoms in total. The van der Waals surface area contributed by atoms with Gasteiger partial charge in [-0.1, -0.05) is 0 Å². The molecule has 0 saturated carbocycles. The minimum atomic E-state index is -4.09. The molecule has 0 aliphatic carbocycles. The van der Waals surface area contributed by atoms with E-state index in [0.717, 1.165) is 10.6 Å². The fourth-order valence-corrected chi connectivity index (χ4v) is 2.19. The first kappa shape index (κ1) is 15.0. The maximum absolute atomic E-state index is 11.9. The number of halogens is 3. The number of alkyl halides is 3. The summed E-state index contributed by atoms with van der Waals surface area (Å²) in [6.07, 6.45) is -4.81. The average Bonchev–Trinajstić information content (AvgIpc) is 2.62. The Hall–Kier alpha value is -1.08. The number of carbonyl (C=O) groups is 1. The molecule has 18 heavy (non-hydrogen) atoms. The number of nitrogens with one attached hydrogen (secondary N) is 2. The summed E-state index contributed by atoms with van der Waals surface area (Å²) in [5, 5.41) is 7.43. The van der Waals surface area contributed by atoms with Crippen LogP contribution in [0.3, 0.4) is 0 Å². The Labute approximate surface area is 107 Å². The van der Waals surface area contributed by atoms with Crippen LogP contribution in [0, 0.1) is 0 Å². The molecule has 0 aliphatic heterocycles. The Morgan fingerprint density at radius 3 is 2.78 bits per heavy atom. The second kappa shape index (κ2) is 6.75. The van der Waals surface area contributed by atoms with E-state index in [9.17, 15) is 18.0 Å². The van der Waals surface area contributed by atoms with Gasteiger partial charge in [0, 0.05) is 24.8 Å². The third-order valence-corrected chi connectivity index (χ3v) is 3.08. The maximum atomic E-state index is 11.9. The van der Waals surface area contributed by atoms with Crippen LogP contribution in [0.2, 0.25) is 0 Å². The number of carbonyl (C=O) groups excluding carboxylic acids is 1. The summed E-state index contributed by atoms with van der Waals surface area (Å²) in [5.74, 6) is -0.160. The Bertz CT molecular complexity index is 390. The molecule has 0 atom stereocenters. The van der Waals surface area contributed by atoms with Crippen LogP contribution >= 0.6 is 11.3 Å². The predicted molar refractivity (Wildman–Crippen MR) is 65.6 cm³/mol. The molecule has 1 amide bonds. The zero-order valence-corrected chi connectivity index (χ0v) is 10.8. The first-order valence-corrected chi connectivity index (χ1v) is 6.38. The van der Waals surface area contributed by atoms with E-state index in [-0.39, 0.29) is 12.3 Å². The van der Waals surface area contributed by atoms with Crippen molar-refractivity contribution in [3.05, 3.63) is 16.3 Å². The lowest BCUT2D eigenvalue weighted by atomic mass is 10.3. The SMILES string of the molecule is CC(=O)Nc1ccsc1CNCCCC(F)(F)F. The topological polar surface area (TPSA) is 41.1 Å². The van der Waals surface area contributed by atoms with E-state index in [4.69, 9.17) is 0 Å². The third-order valence-electron chi connectivity index (χ3n) is 2.16. The molecule has 1 aromatic rings. The van der Waals surface area contributed by atoms with Gasteiger partial charge in [-0.05, 0) is 24.4 Å². The standard InChI is InChI=1S/C11H15F3N2OS/c1-8(17)16-9-3-6-18-10(9)7-15-5-2-4-11(12,13)14/h3,6,15H,2,4-5,7H2,1H3,(H,16,17). The Balaban J connectivity index is 2.27. The third kappa shape index (κ3) is 6.02. The van der Waals surface area contributed by atoms with E-state index in [0.29, 0.717) is 13.1 Å². The van der Waals surface area contributed by atoms with Crippen molar-refractivity contribution in [2.75, 3.05) is 11.9 Å². The Kier molecular flexibility index (Phi) is 5.61. The zero-order valence-electron chi connectivity index (χ0n) is 9.93. The van der Waals surface area contributed by atoms with Crippen LogP contribution in [0.25, 0.3) is 0 Å². The van der Waals surface area contributed by atoms with Crippen molar-refractivity contribution in [2.45, 2.75) is 32.5 Å². The summed E-state index contributed by atoms with van der Waals surface area (Å²) < 4.78 is 35.7. The Morgan fingerprint density at radius 2 is 2.17 bits per heavy atom. The van der Waals surface area contributed by atoms with Gasteiger partial charge in [0.25, 0.3) is 0 Å². The van der Waals surface area contributed by atoms with Gasteiger partial charge in [-0.25, -0.2) is 0 Å². The fourth-order valence-electron chi connectivity index (χ4n) is 1.39. The van der Waals surface area contributed by atoms with Crippen LogP contribution < -0.4 is 10.6 Å². The van der Waals surface area contributed by atoms with Crippen molar-refractivity contribution in [2.24, 2.45) is 0 Å². The van der Waals surface area contributed by atoms with Crippen molar-refractivity contribution in [1.29, 1.82) is 0 Å². The summed E-state index contributed by atoms with van der Waals surface area (Å²) in [6.45, 7) is 2.18. The van der Waals surface area contributed by atoms with E-state index < -0.39 is 12.6 Å². The molecule has 0 unspecified atom stereocenters. The van der Waals surface area contributed by atoms with Crippen LogP contribution in [-0.2, 0) is 11.3 Å². The lowest BCUT2D eigenvalue weighted by Crippen LogP contribution is -2.18. The fraction of sp³-hybridized carbons (Fsp3) is 0.545. The van der Waals surface area contributed by atoms with E-state index in [1.54, 1.807) is 6.07 Å². The highest BCUT2D eigenvalue weighted by Gasteiger charge is 2.25. The van der Waals surface area contributed by atoms with Gasteiger partial charge in [-0.3, -0.25) is 4.79 Å². The molecule has 0 spiro atoms. The molecule has 0 aromatic carbocycles. The van der Waals surface area contributed by atoms with E-state index in [1.807, 2.05) is 5.38 Å². The highest BCUT2D eigenvalue weighted by molar-refractivity contribution is 7.10. The molecule has 0 radical (unpaired) electrons. The van der Waals surface area contributed by atoms with Gasteiger partial charge in [0.1, 0.15) is 0 Å². The van der Waals surface area contributed by atoms with E-state index >= 15 is 0 Å². The smallest absolute Gasteiger partial charge is 0.325 e. The highest BCUT2D eigenvalue weighted by atomic mass is 32.1. The maximum Gasteiger partial charge on any atom is 0.389 e. The summed E-state index contributed by atoms with van der Waals surface area (Å²) in [5.41, 5.74) is 0.718. The van der Waals surface area contributed by atoms with Gasteiger partial charge >= 0.3 is 6.18 Å². The molecule has 0 bridgehead atoms. The largest absolute Gasteiger partial charge is 0.389 e. The van der Waals surface area contributed by atoms with Crippen molar-refractivity contribution in [3.8, 4) is 0 Å². The number of anilines is 1. The predicted octanol–water partition coefficient (Wildman–Crippen LogP) is 3.14. The molecule has 1 heterocycles. The van der Waals surface area contributed by atoms with Crippen molar-refractivity contribution >= 4 is 22.9 Å². The number of hydrogen-bond donors (Lipinski definition) is 2. The van der Waals surface area contributed by atoms with Crippen LogP contribution in [0.5, 0.6) is 0 Å². The normalized spacial score (nSPS) is 11.6. The van der Waals surface area contributed by atoms with Crippen molar-refractivity contribution in [3.63, 3.8) is 0 Å². The lowest BCUT2D eigenvalue weighted by molar-refractivity contribution is -0.135. The Morgan fingerprint density at radius 1 is 1.44 bits per heavy atom. The first-order valence-electron chi connectivity index (χ1n) is 5.50. The summed E-state index contributed by atoms with van der Waals surface area (Å²) in [6, 6.07) is 1.78. The quantitative estimate of drug-likeness (QED) is 0.786. The van der Waals surface area contributed by atoms with Crippen LogP contribution in [0.1, 0.15) is 24.6 Å². The molecule has 0 saturated heterocycles. The van der Waals surface area contributed by atoms with Crippen LogP contribution in [0.4, 0.5) is 18.9 Å². The lowest BCUT2D eigenvalue weighted by Gasteiger charge is -2.08. The van der Waals surface area contributed by atoms with Gasteiger partial charge in [0.2, 0.25) is 5.91 Å². The summed E-state index contributed by atoms with van der Waals surface area (Å²) in [7, 11) is 0. The molecular formula is C11H15F3N2OS. The van der Waals surface area contributed by atoms with Gasteiger partial charge in [0.15, 0.2) is 0 Å². The van der Waals surface area contributed by atoms with Crippen LogP contribution in [-0.4, -0.2) is 18.6 Å². The molecule has 102 valence electrons. The summed E-state index contributed by atoms with van der Waals surface area (Å²) >= 11 is 1.46. The van der Waals surface area contributed by atoms with Crippen LogP contribution in [0.15, 0.2) is 11.4 Å². The van der Waals surface area contributed by atoms with Gasteiger partial charge < -0.3 is 10.6 Å². The first-order chi connectivity index (χ1) is 8.38. The molecule has 1 rings (SSSR count). The summed E-state index contributed by atoms with van der Waals surface area (Å²) in [4.78, 5) is 11.8. The van der Waals surface area contributed by atoms with E-state index in [1.165, 1.54) is 18.3 Å². The molecule has 0 fully saturated rings. The zero-order chi connectivity index (χ0) is 13.6. The second-order valence-corrected chi connectivity index (χ2v) is 4.83.